The molecule has 0 fully saturated rings. The second kappa shape index (κ2) is 5.11. The van der Waals surface area contributed by atoms with Gasteiger partial charge in [-0.3, -0.25) is 4.90 Å². The maximum atomic E-state index is 8.57. The van der Waals surface area contributed by atoms with Gasteiger partial charge in [-0.25, -0.2) is 0 Å². The molecule has 1 rings (SSSR count). The van der Waals surface area contributed by atoms with E-state index in [1.54, 1.807) is 12.2 Å². The molecule has 0 aliphatic heterocycles. The summed E-state index contributed by atoms with van der Waals surface area (Å²) in [4.78, 5) is 5.32. The molecule has 3 nitrogen and oxygen atoms in total. The number of hydrogen-bond acceptors (Lipinski definition) is 1. The van der Waals surface area contributed by atoms with Crippen molar-refractivity contribution >= 4 is 17.3 Å². The minimum atomic E-state index is 0.122. The van der Waals surface area contributed by atoms with E-state index < -0.39 is 0 Å². The standard InChI is InChI=1S/C10H14ClN3/c1-3-14(4-2)10-6-5-8(13-12)7-9(10)11/h5-7,10H,3-4H2,1-2H3. The predicted molar refractivity (Wildman–Crippen MR) is 58.4 cm³/mol. The molecule has 0 spiro atoms. The lowest BCUT2D eigenvalue weighted by Crippen LogP contribution is -2.35. The van der Waals surface area contributed by atoms with Gasteiger partial charge in [-0.1, -0.05) is 31.5 Å². The Morgan fingerprint density at radius 2 is 2.14 bits per heavy atom. The van der Waals surface area contributed by atoms with Crippen LogP contribution in [0.3, 0.4) is 0 Å². The number of allylic oxidation sites excluding steroid dienone is 2. The van der Waals surface area contributed by atoms with Crippen LogP contribution in [0, 0.1) is 0 Å². The van der Waals surface area contributed by atoms with Crippen molar-refractivity contribution in [1.29, 1.82) is 0 Å². The van der Waals surface area contributed by atoms with Crippen molar-refractivity contribution in [3.05, 3.63) is 28.8 Å². The van der Waals surface area contributed by atoms with Crippen LogP contribution >= 0.6 is 11.6 Å². The first-order chi connectivity index (χ1) is 6.72. The van der Waals surface area contributed by atoms with Gasteiger partial charge in [-0.2, -0.15) is 4.79 Å². The zero-order valence-electron chi connectivity index (χ0n) is 8.44. The van der Waals surface area contributed by atoms with Crippen LogP contribution in [0.25, 0.3) is 5.53 Å². The average Bonchev–Trinajstić information content (AvgIpc) is 2.22. The third-order valence-corrected chi connectivity index (χ3v) is 2.67. The Morgan fingerprint density at radius 1 is 1.50 bits per heavy atom. The Kier molecular flexibility index (Phi) is 4.08. The molecular weight excluding hydrogens is 198 g/mol. The first-order valence-electron chi connectivity index (χ1n) is 4.74. The van der Waals surface area contributed by atoms with Crippen molar-refractivity contribution in [3.8, 4) is 0 Å². The molecular formula is C10H14ClN3. The zero-order chi connectivity index (χ0) is 10.6. The molecule has 0 bridgehead atoms. The molecule has 0 amide bonds. The largest absolute Gasteiger partial charge is 0.361 e. The summed E-state index contributed by atoms with van der Waals surface area (Å²) in [5.41, 5.74) is 9.07. The maximum absolute atomic E-state index is 8.57. The van der Waals surface area contributed by atoms with Gasteiger partial charge in [0.25, 0.3) is 0 Å². The first kappa shape index (κ1) is 11.2. The van der Waals surface area contributed by atoms with Crippen LogP contribution in [-0.2, 0) is 0 Å². The van der Waals surface area contributed by atoms with Crippen molar-refractivity contribution in [2.75, 3.05) is 13.1 Å². The third kappa shape index (κ3) is 2.32. The van der Waals surface area contributed by atoms with Gasteiger partial charge >= 0.3 is 5.71 Å². The average molecular weight is 212 g/mol. The fourth-order valence-corrected chi connectivity index (χ4v) is 1.85. The summed E-state index contributed by atoms with van der Waals surface area (Å²) >= 11 is 6.08. The van der Waals surface area contributed by atoms with E-state index in [1.165, 1.54) is 0 Å². The predicted octanol–water partition coefficient (Wildman–Crippen LogP) is 2.06. The van der Waals surface area contributed by atoms with E-state index >= 15 is 0 Å². The Hall–Kier alpha value is -0.890. The molecule has 0 saturated carbocycles. The second-order valence-electron chi connectivity index (χ2n) is 3.08. The molecule has 1 unspecified atom stereocenters. The molecule has 0 saturated heterocycles. The highest BCUT2D eigenvalue weighted by Gasteiger charge is 2.21. The molecule has 1 aliphatic carbocycles. The molecule has 1 aliphatic rings. The number of hydrogen-bond donors (Lipinski definition) is 0. The van der Waals surface area contributed by atoms with E-state index in [-0.39, 0.29) is 6.04 Å². The molecule has 0 aromatic heterocycles. The van der Waals surface area contributed by atoms with Crippen LogP contribution in [0.4, 0.5) is 0 Å². The first-order valence-corrected chi connectivity index (χ1v) is 5.12. The number of nitrogens with zero attached hydrogens (tertiary/aromatic N) is 3. The summed E-state index contributed by atoms with van der Waals surface area (Å²) in [5.74, 6) is 0. The summed E-state index contributed by atoms with van der Waals surface area (Å²) in [6.07, 6.45) is 5.41. The zero-order valence-corrected chi connectivity index (χ0v) is 9.20. The lowest BCUT2D eigenvalue weighted by molar-refractivity contribution is -0.00177. The van der Waals surface area contributed by atoms with Crippen molar-refractivity contribution in [3.63, 3.8) is 0 Å². The van der Waals surface area contributed by atoms with Crippen LogP contribution in [0.2, 0.25) is 0 Å². The van der Waals surface area contributed by atoms with Gasteiger partial charge in [0, 0.05) is 17.2 Å². The normalized spacial score (nSPS) is 21.0. The number of rotatable bonds is 3. The third-order valence-electron chi connectivity index (χ3n) is 2.34. The molecule has 76 valence electrons. The smallest absolute Gasteiger partial charge is 0.316 e. The summed E-state index contributed by atoms with van der Waals surface area (Å²) in [5, 5.41) is 0.698. The molecule has 0 aromatic carbocycles. The van der Waals surface area contributed by atoms with Crippen molar-refractivity contribution in [1.82, 2.24) is 4.90 Å². The van der Waals surface area contributed by atoms with Crippen molar-refractivity contribution in [2.45, 2.75) is 19.9 Å². The quantitative estimate of drug-likeness (QED) is 0.520. The van der Waals surface area contributed by atoms with E-state index in [0.29, 0.717) is 10.7 Å². The SMILES string of the molecule is CCN(CC)C1C=CC(=[N+]=[N-])C=C1Cl. The monoisotopic (exact) mass is 211 g/mol. The van der Waals surface area contributed by atoms with Crippen LogP contribution < -0.4 is 0 Å². The molecule has 1 atom stereocenters. The Morgan fingerprint density at radius 3 is 2.57 bits per heavy atom. The summed E-state index contributed by atoms with van der Waals surface area (Å²) in [6, 6.07) is 0.122. The van der Waals surface area contributed by atoms with E-state index in [9.17, 15) is 0 Å². The highest BCUT2D eigenvalue weighted by atomic mass is 35.5. The fraction of sp³-hybridized carbons (Fsp3) is 0.500. The van der Waals surface area contributed by atoms with E-state index in [0.717, 1.165) is 13.1 Å². The summed E-state index contributed by atoms with van der Waals surface area (Å²) in [7, 11) is 0. The van der Waals surface area contributed by atoms with E-state index in [2.05, 4.69) is 23.5 Å². The Labute approximate surface area is 89.3 Å². The summed E-state index contributed by atoms with van der Waals surface area (Å²) < 4.78 is 0. The molecule has 14 heavy (non-hydrogen) atoms. The molecule has 0 N–H and O–H groups in total. The van der Waals surface area contributed by atoms with Crippen LogP contribution in [0.1, 0.15) is 13.8 Å². The van der Waals surface area contributed by atoms with E-state index in [4.69, 9.17) is 17.1 Å². The van der Waals surface area contributed by atoms with Gasteiger partial charge < -0.3 is 5.53 Å². The van der Waals surface area contributed by atoms with Gasteiger partial charge in [-0.05, 0) is 13.1 Å². The number of likely N-dealkylation sites (N-methyl/N-ethyl adjacent to an activating group) is 1. The molecule has 4 heteroatoms. The van der Waals surface area contributed by atoms with Crippen molar-refractivity contribution < 1.29 is 4.79 Å². The van der Waals surface area contributed by atoms with Crippen LogP contribution in [-0.4, -0.2) is 34.5 Å². The Bertz CT molecular complexity index is 309. The fourth-order valence-electron chi connectivity index (χ4n) is 1.53. The maximum Gasteiger partial charge on any atom is 0.316 e. The molecule has 0 heterocycles. The summed E-state index contributed by atoms with van der Waals surface area (Å²) in [6.45, 7) is 6.08. The van der Waals surface area contributed by atoms with Crippen molar-refractivity contribution in [2.24, 2.45) is 0 Å². The lowest BCUT2D eigenvalue weighted by Gasteiger charge is -2.27. The highest BCUT2D eigenvalue weighted by Crippen LogP contribution is 2.19. The number of halogens is 1. The Balaban J connectivity index is 2.85. The molecule has 0 radical (unpaired) electrons. The van der Waals surface area contributed by atoms with Gasteiger partial charge in [-0.15, -0.1) is 0 Å². The highest BCUT2D eigenvalue weighted by molar-refractivity contribution is 6.32. The van der Waals surface area contributed by atoms with Crippen LogP contribution in [0.5, 0.6) is 0 Å². The molecule has 0 aromatic rings. The lowest BCUT2D eigenvalue weighted by atomic mass is 10.1. The van der Waals surface area contributed by atoms with Crippen LogP contribution in [0.15, 0.2) is 23.3 Å². The van der Waals surface area contributed by atoms with Gasteiger partial charge in [0.2, 0.25) is 0 Å². The van der Waals surface area contributed by atoms with Gasteiger partial charge in [0.05, 0.1) is 6.04 Å². The van der Waals surface area contributed by atoms with Gasteiger partial charge in [0.1, 0.15) is 0 Å². The van der Waals surface area contributed by atoms with E-state index in [1.807, 2.05) is 6.08 Å². The minimum Gasteiger partial charge on any atom is -0.361 e. The minimum absolute atomic E-state index is 0.122. The second-order valence-corrected chi connectivity index (χ2v) is 3.52. The topological polar surface area (TPSA) is 39.6 Å². The van der Waals surface area contributed by atoms with Gasteiger partial charge in [0.15, 0.2) is 0 Å².